The van der Waals surface area contributed by atoms with E-state index in [1.807, 2.05) is 0 Å². The van der Waals surface area contributed by atoms with E-state index < -0.39 is 34.3 Å². The molecular formula is C21H23NO7S. The predicted octanol–water partition coefficient (Wildman–Crippen LogP) is 2.04. The van der Waals surface area contributed by atoms with Crippen LogP contribution in [-0.2, 0) is 24.3 Å². The number of esters is 1. The normalized spacial score (nSPS) is 25.0. The molecule has 160 valence electrons. The average molecular weight is 433 g/mol. The van der Waals surface area contributed by atoms with Crippen LogP contribution in [0.4, 0.5) is 5.69 Å². The first-order valence-electron chi connectivity index (χ1n) is 9.63. The molecule has 4 atom stereocenters. The molecule has 0 radical (unpaired) electrons. The highest BCUT2D eigenvalue weighted by Gasteiger charge is 2.46. The van der Waals surface area contributed by atoms with E-state index in [1.54, 1.807) is 36.4 Å². The van der Waals surface area contributed by atoms with Gasteiger partial charge in [0, 0.05) is 17.2 Å². The monoisotopic (exact) mass is 433 g/mol. The molecule has 30 heavy (non-hydrogen) atoms. The predicted molar refractivity (Wildman–Crippen MR) is 108 cm³/mol. The molecule has 0 unspecified atom stereocenters. The molecule has 2 aromatic rings. The Hall–Kier alpha value is -2.62. The van der Waals surface area contributed by atoms with Gasteiger partial charge >= 0.3 is 5.97 Å². The van der Waals surface area contributed by atoms with Gasteiger partial charge in [-0.2, -0.15) is 0 Å². The maximum Gasteiger partial charge on any atom is 0.308 e. The molecule has 2 aliphatic rings. The van der Waals surface area contributed by atoms with Crippen LogP contribution in [0.1, 0.15) is 24.3 Å². The van der Waals surface area contributed by atoms with Gasteiger partial charge in [-0.25, -0.2) is 8.42 Å². The van der Waals surface area contributed by atoms with Crippen molar-refractivity contribution in [3.63, 3.8) is 0 Å². The Morgan fingerprint density at radius 2 is 2.00 bits per heavy atom. The molecule has 2 heterocycles. The molecule has 0 aliphatic carbocycles. The minimum atomic E-state index is -3.72. The van der Waals surface area contributed by atoms with Crippen LogP contribution in [0.25, 0.3) is 0 Å². The largest absolute Gasteiger partial charge is 0.487 e. The molecule has 0 aromatic heterocycles. The third kappa shape index (κ3) is 4.00. The highest BCUT2D eigenvalue weighted by molar-refractivity contribution is 7.92. The van der Waals surface area contributed by atoms with Crippen molar-refractivity contribution in [3.8, 4) is 5.75 Å². The first-order valence-corrected chi connectivity index (χ1v) is 11.1. The lowest BCUT2D eigenvalue weighted by Crippen LogP contribution is -2.46. The van der Waals surface area contributed by atoms with Crippen molar-refractivity contribution in [2.75, 3.05) is 18.4 Å². The van der Waals surface area contributed by atoms with E-state index in [2.05, 4.69) is 4.72 Å². The lowest BCUT2D eigenvalue weighted by Gasteiger charge is -2.36. The zero-order valence-corrected chi connectivity index (χ0v) is 17.2. The number of hydrogen-bond donors (Lipinski definition) is 2. The van der Waals surface area contributed by atoms with Gasteiger partial charge in [0.15, 0.2) is 0 Å². The number of rotatable bonds is 6. The number of fused-ring (bicyclic) bond motifs is 3. The van der Waals surface area contributed by atoms with Crippen molar-refractivity contribution >= 4 is 21.7 Å². The van der Waals surface area contributed by atoms with Crippen molar-refractivity contribution < 1.29 is 32.5 Å². The number of aliphatic hydroxyl groups is 1. The lowest BCUT2D eigenvalue weighted by molar-refractivity contribution is -0.156. The summed E-state index contributed by atoms with van der Waals surface area (Å²) in [6.45, 7) is -0.250. The Labute approximate surface area is 174 Å². The molecule has 8 nitrogen and oxygen atoms in total. The molecule has 2 aliphatic heterocycles. The summed E-state index contributed by atoms with van der Waals surface area (Å²) in [7, 11) is -2.41. The lowest BCUT2D eigenvalue weighted by atomic mass is 9.84. The van der Waals surface area contributed by atoms with E-state index in [4.69, 9.17) is 14.2 Å². The van der Waals surface area contributed by atoms with Crippen LogP contribution in [0.15, 0.2) is 53.4 Å². The van der Waals surface area contributed by atoms with Crippen LogP contribution in [0, 0.1) is 0 Å². The summed E-state index contributed by atoms with van der Waals surface area (Å²) < 4.78 is 44.4. The Morgan fingerprint density at radius 1 is 1.23 bits per heavy atom. The molecule has 0 saturated carbocycles. The topological polar surface area (TPSA) is 111 Å². The standard InChI is InChI=1S/C21H23NO7S/c1-27-20(24)11-14-10-17-16-9-13(22-30(25,26)15-5-3-2-4-6-15)7-8-18(16)29-21(17)19(12-23)28-14/h2-9,14,17,19,21-23H,10-12H2,1H3/t14-,17-,19+,21+/m1/s1. The summed E-state index contributed by atoms with van der Waals surface area (Å²) in [5, 5.41) is 9.75. The second kappa shape index (κ2) is 8.25. The number of anilines is 1. The van der Waals surface area contributed by atoms with Crippen LogP contribution in [0.3, 0.4) is 0 Å². The Morgan fingerprint density at radius 3 is 2.70 bits per heavy atom. The number of carbonyl (C=O) groups is 1. The van der Waals surface area contributed by atoms with Gasteiger partial charge in [-0.3, -0.25) is 9.52 Å². The summed E-state index contributed by atoms with van der Waals surface area (Å²) in [6, 6.07) is 13.2. The van der Waals surface area contributed by atoms with E-state index in [1.165, 1.54) is 19.2 Å². The van der Waals surface area contributed by atoms with Crippen molar-refractivity contribution in [3.05, 3.63) is 54.1 Å². The first kappa shape index (κ1) is 20.6. The van der Waals surface area contributed by atoms with E-state index in [9.17, 15) is 18.3 Å². The second-order valence-electron chi connectivity index (χ2n) is 7.36. The highest BCUT2D eigenvalue weighted by Crippen LogP contribution is 2.47. The van der Waals surface area contributed by atoms with E-state index in [0.29, 0.717) is 17.9 Å². The fraction of sp³-hybridized carbons (Fsp3) is 0.381. The Balaban J connectivity index is 1.59. The Kier molecular flexibility index (Phi) is 5.68. The van der Waals surface area contributed by atoms with Gasteiger partial charge in [0.1, 0.15) is 18.0 Å². The number of ether oxygens (including phenoxy) is 3. The molecular weight excluding hydrogens is 410 g/mol. The summed E-state index contributed by atoms with van der Waals surface area (Å²) in [5.41, 5.74) is 1.24. The second-order valence-corrected chi connectivity index (χ2v) is 9.04. The number of sulfonamides is 1. The van der Waals surface area contributed by atoms with Gasteiger partial charge in [0.25, 0.3) is 10.0 Å². The van der Waals surface area contributed by atoms with Gasteiger partial charge in [-0.15, -0.1) is 0 Å². The summed E-state index contributed by atoms with van der Waals surface area (Å²) in [4.78, 5) is 11.9. The quantitative estimate of drug-likeness (QED) is 0.671. The minimum Gasteiger partial charge on any atom is -0.487 e. The van der Waals surface area contributed by atoms with Crippen LogP contribution in [0.5, 0.6) is 5.75 Å². The fourth-order valence-electron chi connectivity index (χ4n) is 4.04. The van der Waals surface area contributed by atoms with Gasteiger partial charge in [-0.05, 0) is 36.8 Å². The van der Waals surface area contributed by atoms with Crippen LogP contribution >= 0.6 is 0 Å². The number of aliphatic hydroxyl groups excluding tert-OH is 1. The Bertz CT molecular complexity index is 1020. The van der Waals surface area contributed by atoms with Gasteiger partial charge in [0.05, 0.1) is 31.1 Å². The van der Waals surface area contributed by atoms with Gasteiger partial charge < -0.3 is 19.3 Å². The van der Waals surface area contributed by atoms with Gasteiger partial charge in [-0.1, -0.05) is 18.2 Å². The van der Waals surface area contributed by atoms with Crippen LogP contribution in [0.2, 0.25) is 0 Å². The van der Waals surface area contributed by atoms with Crippen molar-refractivity contribution in [2.24, 2.45) is 0 Å². The number of hydrogen-bond acceptors (Lipinski definition) is 7. The van der Waals surface area contributed by atoms with Gasteiger partial charge in [0.2, 0.25) is 0 Å². The van der Waals surface area contributed by atoms with E-state index >= 15 is 0 Å². The third-order valence-electron chi connectivity index (χ3n) is 5.43. The molecule has 2 aromatic carbocycles. The molecule has 0 amide bonds. The molecule has 0 bridgehead atoms. The molecule has 4 rings (SSSR count). The van der Waals surface area contributed by atoms with E-state index in [-0.39, 0.29) is 23.8 Å². The average Bonchev–Trinajstić information content (AvgIpc) is 3.11. The molecule has 9 heteroatoms. The maximum atomic E-state index is 12.6. The third-order valence-corrected chi connectivity index (χ3v) is 6.82. The van der Waals surface area contributed by atoms with Crippen LogP contribution < -0.4 is 9.46 Å². The van der Waals surface area contributed by atoms with Crippen LogP contribution in [-0.4, -0.2) is 51.5 Å². The van der Waals surface area contributed by atoms with Crippen molar-refractivity contribution in [1.82, 2.24) is 0 Å². The van der Waals surface area contributed by atoms with Crippen molar-refractivity contribution in [1.29, 1.82) is 0 Å². The molecule has 0 spiro atoms. The minimum absolute atomic E-state index is 0.0753. The number of carbonyl (C=O) groups excluding carboxylic acids is 1. The SMILES string of the molecule is COC(=O)C[C@H]1C[C@@H]2c3cc(NS(=O)(=O)c4ccccc4)ccc3O[C@@H]2[C@H](CO)O1. The van der Waals surface area contributed by atoms with E-state index in [0.717, 1.165) is 5.56 Å². The summed E-state index contributed by atoms with van der Waals surface area (Å²) in [5.74, 6) is 0.0915. The fourth-order valence-corrected chi connectivity index (χ4v) is 5.11. The summed E-state index contributed by atoms with van der Waals surface area (Å²) >= 11 is 0. The first-order chi connectivity index (χ1) is 14.4. The zero-order chi connectivity index (χ0) is 21.3. The molecule has 1 fully saturated rings. The molecule has 2 N–H and O–H groups in total. The number of nitrogens with one attached hydrogen (secondary N) is 1. The highest BCUT2D eigenvalue weighted by atomic mass is 32.2. The smallest absolute Gasteiger partial charge is 0.308 e. The summed E-state index contributed by atoms with van der Waals surface area (Å²) in [6.07, 6.45) is -0.838. The molecule has 1 saturated heterocycles. The zero-order valence-electron chi connectivity index (χ0n) is 16.4. The number of methoxy groups -OCH3 is 1. The number of benzene rings is 2. The van der Waals surface area contributed by atoms with Crippen molar-refractivity contribution in [2.45, 2.75) is 42.0 Å². The maximum absolute atomic E-state index is 12.6.